The first-order chi connectivity index (χ1) is 6.86. The Bertz CT molecular complexity index is 339. The SMILES string of the molecule is ClCc1coc(N2CC3CCC2C3)n1. The topological polar surface area (TPSA) is 29.3 Å². The van der Waals surface area contributed by atoms with Crippen LogP contribution < -0.4 is 4.90 Å². The number of alkyl halides is 1. The summed E-state index contributed by atoms with van der Waals surface area (Å²) in [5.74, 6) is 1.30. The van der Waals surface area contributed by atoms with Crippen molar-refractivity contribution in [2.24, 2.45) is 5.92 Å². The average molecular weight is 213 g/mol. The fourth-order valence-electron chi connectivity index (χ4n) is 2.65. The second-order valence-electron chi connectivity index (χ2n) is 4.24. The van der Waals surface area contributed by atoms with E-state index in [4.69, 9.17) is 16.0 Å². The minimum Gasteiger partial charge on any atom is -0.432 e. The van der Waals surface area contributed by atoms with Crippen molar-refractivity contribution in [2.75, 3.05) is 11.4 Å². The highest BCUT2D eigenvalue weighted by Gasteiger charge is 2.39. The van der Waals surface area contributed by atoms with Crippen LogP contribution in [0.25, 0.3) is 0 Å². The zero-order chi connectivity index (χ0) is 9.54. The van der Waals surface area contributed by atoms with Crippen LogP contribution in [-0.2, 0) is 5.88 Å². The van der Waals surface area contributed by atoms with Gasteiger partial charge < -0.3 is 9.32 Å². The molecule has 14 heavy (non-hydrogen) atoms. The maximum atomic E-state index is 5.68. The molecule has 76 valence electrons. The molecule has 1 aliphatic carbocycles. The van der Waals surface area contributed by atoms with Gasteiger partial charge in [-0.3, -0.25) is 0 Å². The predicted molar refractivity (Wildman–Crippen MR) is 54.5 cm³/mol. The molecule has 2 fully saturated rings. The van der Waals surface area contributed by atoms with Gasteiger partial charge in [-0.2, -0.15) is 4.98 Å². The summed E-state index contributed by atoms with van der Waals surface area (Å²) >= 11 is 5.68. The lowest BCUT2D eigenvalue weighted by Crippen LogP contribution is -2.32. The molecule has 1 saturated heterocycles. The third-order valence-corrected chi connectivity index (χ3v) is 3.61. The Hall–Kier alpha value is -0.700. The van der Waals surface area contributed by atoms with Crippen LogP contribution in [0.1, 0.15) is 25.0 Å². The Labute approximate surface area is 88.1 Å². The zero-order valence-corrected chi connectivity index (χ0v) is 8.70. The molecular formula is C10H13ClN2O. The lowest BCUT2D eigenvalue weighted by molar-refractivity contribution is 0.484. The van der Waals surface area contributed by atoms with E-state index in [0.717, 1.165) is 24.2 Å². The largest absolute Gasteiger partial charge is 0.432 e. The maximum Gasteiger partial charge on any atom is 0.297 e. The summed E-state index contributed by atoms with van der Waals surface area (Å²) in [5, 5.41) is 0. The van der Waals surface area contributed by atoms with Crippen LogP contribution in [0.3, 0.4) is 0 Å². The molecule has 0 amide bonds. The molecule has 0 N–H and O–H groups in total. The van der Waals surface area contributed by atoms with Gasteiger partial charge in [0.25, 0.3) is 6.01 Å². The molecule has 0 radical (unpaired) electrons. The standard InChI is InChI=1S/C10H13ClN2O/c11-4-8-6-14-10(12-8)13-5-7-1-2-9(13)3-7/h6-7,9H,1-5H2. The summed E-state index contributed by atoms with van der Waals surface area (Å²) in [7, 11) is 0. The van der Waals surface area contributed by atoms with E-state index in [2.05, 4.69) is 9.88 Å². The van der Waals surface area contributed by atoms with Gasteiger partial charge in [0.2, 0.25) is 0 Å². The first-order valence-electron chi connectivity index (χ1n) is 5.14. The molecule has 1 aromatic rings. The predicted octanol–water partition coefficient (Wildman–Crippen LogP) is 2.40. The van der Waals surface area contributed by atoms with E-state index >= 15 is 0 Å². The Morgan fingerprint density at radius 3 is 3.07 bits per heavy atom. The molecule has 3 nitrogen and oxygen atoms in total. The fraction of sp³-hybridized carbons (Fsp3) is 0.700. The van der Waals surface area contributed by atoms with Crippen LogP contribution in [0.4, 0.5) is 6.01 Å². The molecule has 1 aliphatic heterocycles. The molecule has 2 unspecified atom stereocenters. The lowest BCUT2D eigenvalue weighted by atomic mass is 10.1. The van der Waals surface area contributed by atoms with Crippen LogP contribution in [0.2, 0.25) is 0 Å². The van der Waals surface area contributed by atoms with Gasteiger partial charge in [-0.25, -0.2) is 0 Å². The van der Waals surface area contributed by atoms with Crippen LogP contribution in [0.5, 0.6) is 0 Å². The van der Waals surface area contributed by atoms with E-state index in [0.29, 0.717) is 11.9 Å². The zero-order valence-electron chi connectivity index (χ0n) is 7.95. The quantitative estimate of drug-likeness (QED) is 0.705. The highest BCUT2D eigenvalue weighted by atomic mass is 35.5. The normalized spacial score (nSPS) is 30.2. The summed E-state index contributed by atoms with van der Waals surface area (Å²) in [6.45, 7) is 1.12. The van der Waals surface area contributed by atoms with Crippen molar-refractivity contribution in [3.8, 4) is 0 Å². The third-order valence-electron chi connectivity index (χ3n) is 3.33. The fourth-order valence-corrected chi connectivity index (χ4v) is 2.77. The van der Waals surface area contributed by atoms with Gasteiger partial charge in [0.1, 0.15) is 6.26 Å². The van der Waals surface area contributed by atoms with Crippen molar-refractivity contribution < 1.29 is 4.42 Å². The molecule has 3 rings (SSSR count). The van der Waals surface area contributed by atoms with Crippen LogP contribution in [0, 0.1) is 5.92 Å². The number of anilines is 1. The maximum absolute atomic E-state index is 5.68. The van der Waals surface area contributed by atoms with Crippen molar-refractivity contribution in [2.45, 2.75) is 31.2 Å². The van der Waals surface area contributed by atoms with Crippen LogP contribution >= 0.6 is 11.6 Å². The molecule has 2 bridgehead atoms. The first kappa shape index (κ1) is 8.60. The second kappa shape index (κ2) is 3.16. The molecule has 2 atom stereocenters. The molecular weight excluding hydrogens is 200 g/mol. The van der Waals surface area contributed by atoms with Crippen LogP contribution in [0.15, 0.2) is 10.7 Å². The smallest absolute Gasteiger partial charge is 0.297 e. The van der Waals surface area contributed by atoms with E-state index in [9.17, 15) is 0 Å². The minimum atomic E-state index is 0.436. The Kier molecular flexibility index (Phi) is 1.94. The summed E-state index contributed by atoms with van der Waals surface area (Å²) in [6, 6.07) is 1.44. The van der Waals surface area contributed by atoms with Crippen molar-refractivity contribution in [1.29, 1.82) is 0 Å². The number of hydrogen-bond donors (Lipinski definition) is 0. The number of halogens is 1. The van der Waals surface area contributed by atoms with E-state index in [1.54, 1.807) is 6.26 Å². The van der Waals surface area contributed by atoms with E-state index < -0.39 is 0 Å². The number of piperidine rings is 1. The molecule has 1 saturated carbocycles. The van der Waals surface area contributed by atoms with Crippen molar-refractivity contribution >= 4 is 17.6 Å². The Morgan fingerprint density at radius 2 is 2.50 bits per heavy atom. The summed E-state index contributed by atoms with van der Waals surface area (Å²) in [5.41, 5.74) is 0.837. The second-order valence-corrected chi connectivity index (χ2v) is 4.51. The molecule has 0 spiro atoms. The number of oxazole rings is 1. The minimum absolute atomic E-state index is 0.436. The Balaban J connectivity index is 1.82. The summed E-state index contributed by atoms with van der Waals surface area (Å²) < 4.78 is 5.42. The van der Waals surface area contributed by atoms with Gasteiger partial charge in [-0.15, -0.1) is 11.6 Å². The lowest BCUT2D eigenvalue weighted by Gasteiger charge is -2.24. The van der Waals surface area contributed by atoms with Crippen molar-refractivity contribution in [3.05, 3.63) is 12.0 Å². The average Bonchev–Trinajstić information content (AvgIpc) is 2.93. The number of rotatable bonds is 2. The first-order valence-corrected chi connectivity index (χ1v) is 5.67. The van der Waals surface area contributed by atoms with Crippen molar-refractivity contribution in [1.82, 2.24) is 4.98 Å². The Morgan fingerprint density at radius 1 is 1.57 bits per heavy atom. The number of nitrogens with zero attached hydrogens (tertiary/aromatic N) is 2. The number of fused-ring (bicyclic) bond motifs is 2. The van der Waals surface area contributed by atoms with Gasteiger partial charge in [0.15, 0.2) is 0 Å². The van der Waals surface area contributed by atoms with Gasteiger partial charge in [0.05, 0.1) is 11.6 Å². The van der Waals surface area contributed by atoms with Crippen LogP contribution in [-0.4, -0.2) is 17.6 Å². The van der Waals surface area contributed by atoms with Gasteiger partial charge >= 0.3 is 0 Å². The number of hydrogen-bond acceptors (Lipinski definition) is 3. The monoisotopic (exact) mass is 212 g/mol. The molecule has 2 heterocycles. The molecule has 0 aromatic carbocycles. The summed E-state index contributed by atoms with van der Waals surface area (Å²) in [4.78, 5) is 6.65. The van der Waals surface area contributed by atoms with E-state index in [1.165, 1.54) is 19.3 Å². The summed E-state index contributed by atoms with van der Waals surface area (Å²) in [6.07, 6.45) is 5.65. The van der Waals surface area contributed by atoms with Crippen molar-refractivity contribution in [3.63, 3.8) is 0 Å². The van der Waals surface area contributed by atoms with Gasteiger partial charge in [0, 0.05) is 12.6 Å². The highest BCUT2D eigenvalue weighted by molar-refractivity contribution is 6.16. The van der Waals surface area contributed by atoms with Gasteiger partial charge in [-0.05, 0) is 25.2 Å². The van der Waals surface area contributed by atoms with E-state index in [-0.39, 0.29) is 0 Å². The van der Waals surface area contributed by atoms with Gasteiger partial charge in [-0.1, -0.05) is 0 Å². The van der Waals surface area contributed by atoms with E-state index in [1.807, 2.05) is 0 Å². The molecule has 1 aromatic heterocycles. The molecule has 2 aliphatic rings. The highest BCUT2D eigenvalue weighted by Crippen LogP contribution is 2.39. The number of aromatic nitrogens is 1. The third kappa shape index (κ3) is 1.22. The molecule has 4 heteroatoms.